The van der Waals surface area contributed by atoms with Crippen molar-refractivity contribution in [2.45, 2.75) is 19.3 Å². The zero-order valence-electron chi connectivity index (χ0n) is 18.9. The second kappa shape index (κ2) is 10.5. The van der Waals surface area contributed by atoms with Crippen molar-refractivity contribution in [3.63, 3.8) is 0 Å². The molecule has 5 heteroatoms. The molecule has 3 aromatic rings. The van der Waals surface area contributed by atoms with Crippen LogP contribution in [0.25, 0.3) is 23.8 Å². The Morgan fingerprint density at radius 3 is 2.09 bits per heavy atom. The number of hydrogen-bond acceptors (Lipinski definition) is 3. The van der Waals surface area contributed by atoms with Crippen LogP contribution in [0.3, 0.4) is 0 Å². The first-order valence-corrected chi connectivity index (χ1v) is 11.5. The van der Waals surface area contributed by atoms with Crippen molar-refractivity contribution in [1.29, 1.82) is 0 Å². The monoisotopic (exact) mass is 470 g/mol. The van der Waals surface area contributed by atoms with Crippen LogP contribution in [0.4, 0.5) is 5.69 Å². The van der Waals surface area contributed by atoms with Gasteiger partial charge >= 0.3 is 0 Å². The van der Waals surface area contributed by atoms with Gasteiger partial charge in [-0.25, -0.2) is 0 Å². The van der Waals surface area contributed by atoms with Gasteiger partial charge in [0.2, 0.25) is 0 Å². The van der Waals surface area contributed by atoms with Gasteiger partial charge in [0.15, 0.2) is 0 Å². The Morgan fingerprint density at radius 1 is 0.853 bits per heavy atom. The van der Waals surface area contributed by atoms with Gasteiger partial charge in [0, 0.05) is 36.5 Å². The summed E-state index contributed by atoms with van der Waals surface area (Å²) in [6.45, 7) is 1.84. The Kier molecular flexibility index (Phi) is 7.29. The lowest BCUT2D eigenvalue weighted by molar-refractivity contribution is -0.384. The number of allylic oxidation sites excluding steroid dienone is 1. The summed E-state index contributed by atoms with van der Waals surface area (Å²) in [5.74, 6) is 0. The minimum absolute atomic E-state index is 0. The molecule has 1 heterocycles. The van der Waals surface area contributed by atoms with Crippen molar-refractivity contribution in [1.82, 2.24) is 4.90 Å². The molecule has 1 fully saturated rings. The van der Waals surface area contributed by atoms with Crippen LogP contribution in [0, 0.1) is 10.1 Å². The topological polar surface area (TPSA) is 46.4 Å². The second-order valence-corrected chi connectivity index (χ2v) is 8.48. The highest BCUT2D eigenvalue weighted by Gasteiger charge is 2.23. The van der Waals surface area contributed by atoms with Crippen LogP contribution in [0.1, 0.15) is 47.1 Å². The molecule has 3 aromatic carbocycles. The van der Waals surface area contributed by atoms with Crippen molar-refractivity contribution in [3.05, 3.63) is 123 Å². The van der Waals surface area contributed by atoms with Gasteiger partial charge in [-0.3, -0.25) is 10.1 Å². The molecule has 1 saturated heterocycles. The van der Waals surface area contributed by atoms with Gasteiger partial charge in [-0.1, -0.05) is 72.8 Å². The van der Waals surface area contributed by atoms with Gasteiger partial charge < -0.3 is 4.90 Å². The third kappa shape index (κ3) is 4.82. The highest BCUT2D eigenvalue weighted by Crippen LogP contribution is 2.39. The number of rotatable bonds is 4. The van der Waals surface area contributed by atoms with E-state index in [2.05, 4.69) is 77.7 Å². The largest absolute Gasteiger partial charge is 0.371 e. The quantitative estimate of drug-likeness (QED) is 0.229. The second-order valence-electron chi connectivity index (χ2n) is 8.48. The van der Waals surface area contributed by atoms with E-state index in [1.165, 1.54) is 46.4 Å². The van der Waals surface area contributed by atoms with Crippen LogP contribution in [0.2, 0.25) is 0 Å². The highest BCUT2D eigenvalue weighted by atomic mass is 35.5. The number of nitro benzene ring substituents is 1. The maximum Gasteiger partial charge on any atom is 0.269 e. The number of nitrogens with zero attached hydrogens (tertiary/aromatic N) is 2. The lowest BCUT2D eigenvalue weighted by atomic mass is 9.89. The molecule has 0 amide bonds. The Hall–Kier alpha value is -3.63. The molecule has 0 aromatic heterocycles. The Labute approximate surface area is 206 Å². The number of nitro groups is 1. The predicted octanol–water partition coefficient (Wildman–Crippen LogP) is 7.46. The summed E-state index contributed by atoms with van der Waals surface area (Å²) in [4.78, 5) is 13.0. The molecule has 1 aliphatic carbocycles. The molecule has 2 aliphatic rings. The number of hydrogen-bond donors (Lipinski definition) is 0. The fourth-order valence-electron chi connectivity index (χ4n) is 4.77. The van der Waals surface area contributed by atoms with Gasteiger partial charge in [-0.2, -0.15) is 0 Å². The van der Waals surface area contributed by atoms with Crippen LogP contribution in [-0.2, 0) is 0 Å². The minimum Gasteiger partial charge on any atom is -0.371 e. The molecule has 0 radical (unpaired) electrons. The van der Waals surface area contributed by atoms with Gasteiger partial charge in [-0.15, -0.1) is 12.4 Å². The summed E-state index contributed by atoms with van der Waals surface area (Å²) in [5.41, 5.74) is 8.93. The zero-order chi connectivity index (χ0) is 22.6. The summed E-state index contributed by atoms with van der Waals surface area (Å²) in [6.07, 6.45) is 12.1. The Morgan fingerprint density at radius 2 is 1.47 bits per heavy atom. The zero-order valence-corrected chi connectivity index (χ0v) is 19.7. The third-order valence-electron chi connectivity index (χ3n) is 6.40. The number of piperidine rings is 1. The predicted molar refractivity (Wildman–Crippen MR) is 143 cm³/mol. The van der Waals surface area contributed by atoms with E-state index in [-0.39, 0.29) is 23.0 Å². The smallest absolute Gasteiger partial charge is 0.269 e. The molecule has 172 valence electrons. The van der Waals surface area contributed by atoms with Crippen molar-refractivity contribution in [2.24, 2.45) is 0 Å². The molecule has 0 bridgehead atoms. The number of likely N-dealkylation sites (tertiary alicyclic amines) is 1. The van der Waals surface area contributed by atoms with Gasteiger partial charge in [-0.05, 0) is 59.2 Å². The first-order valence-electron chi connectivity index (χ1n) is 11.5. The van der Waals surface area contributed by atoms with Crippen LogP contribution < -0.4 is 0 Å². The minimum atomic E-state index is -0.364. The lowest BCUT2D eigenvalue weighted by Gasteiger charge is -2.34. The van der Waals surface area contributed by atoms with E-state index in [0.717, 1.165) is 25.1 Å². The number of benzene rings is 3. The summed E-state index contributed by atoms with van der Waals surface area (Å²) in [6, 6.07) is 24.0. The standard InChI is InChI=1S/C29H26N2O2.ClH/c32-31(33)25-18-14-22(15-19-25)8-7-21-30-20-6-5-13-28(30)29-26-11-3-1-9-23(26)16-17-24-10-2-4-12-27(24)29;/h1-4,7-12,14-19H,5-6,13,20-21H2;1H. The lowest BCUT2D eigenvalue weighted by Crippen LogP contribution is -2.29. The van der Waals surface area contributed by atoms with Gasteiger partial charge in [0.1, 0.15) is 0 Å². The van der Waals surface area contributed by atoms with E-state index in [4.69, 9.17) is 0 Å². The highest BCUT2D eigenvalue weighted by molar-refractivity contribution is 5.94. The van der Waals surface area contributed by atoms with Crippen molar-refractivity contribution >= 4 is 41.9 Å². The number of fused-ring (bicyclic) bond motifs is 2. The molecule has 34 heavy (non-hydrogen) atoms. The SMILES string of the molecule is Cl.O=[N+]([O-])c1ccc(C=CCN2CCCCC2=C2c3ccccc3C=Cc3ccccc32)cc1. The number of non-ortho nitro benzene ring substituents is 1. The fourth-order valence-corrected chi connectivity index (χ4v) is 4.77. The molecule has 5 rings (SSSR count). The van der Waals surface area contributed by atoms with E-state index in [9.17, 15) is 10.1 Å². The van der Waals surface area contributed by atoms with Crippen molar-refractivity contribution in [2.75, 3.05) is 13.1 Å². The van der Waals surface area contributed by atoms with Crippen molar-refractivity contribution in [3.8, 4) is 0 Å². The molecule has 0 N–H and O–H groups in total. The van der Waals surface area contributed by atoms with Crippen LogP contribution >= 0.6 is 12.4 Å². The molecule has 0 unspecified atom stereocenters. The molecule has 4 nitrogen and oxygen atoms in total. The van der Waals surface area contributed by atoms with Crippen LogP contribution in [-0.4, -0.2) is 22.9 Å². The molecular formula is C29H27ClN2O2. The van der Waals surface area contributed by atoms with Gasteiger partial charge in [0.25, 0.3) is 5.69 Å². The molecular weight excluding hydrogens is 444 g/mol. The molecule has 0 atom stereocenters. The maximum absolute atomic E-state index is 10.9. The Balaban J connectivity index is 0.00000274. The van der Waals surface area contributed by atoms with Gasteiger partial charge in [0.05, 0.1) is 4.92 Å². The summed E-state index contributed by atoms with van der Waals surface area (Å²) in [7, 11) is 0. The average Bonchev–Trinajstić information content (AvgIpc) is 3.02. The maximum atomic E-state index is 10.9. The molecule has 1 aliphatic heterocycles. The Bertz CT molecular complexity index is 1220. The normalized spacial score (nSPS) is 14.9. The first kappa shape index (κ1) is 23.5. The average molecular weight is 471 g/mol. The fraction of sp³-hybridized carbons (Fsp3) is 0.172. The molecule has 0 saturated carbocycles. The van der Waals surface area contributed by atoms with Crippen LogP contribution in [0.15, 0.2) is 84.6 Å². The summed E-state index contributed by atoms with van der Waals surface area (Å²) in [5, 5.41) is 10.9. The van der Waals surface area contributed by atoms with Crippen molar-refractivity contribution < 1.29 is 4.92 Å². The molecule has 0 spiro atoms. The van der Waals surface area contributed by atoms with E-state index in [1.807, 2.05) is 0 Å². The van der Waals surface area contributed by atoms with E-state index >= 15 is 0 Å². The summed E-state index contributed by atoms with van der Waals surface area (Å²) >= 11 is 0. The number of halogens is 1. The first-order chi connectivity index (χ1) is 16.2. The van der Waals surface area contributed by atoms with E-state index in [0.29, 0.717) is 0 Å². The van der Waals surface area contributed by atoms with E-state index in [1.54, 1.807) is 24.3 Å². The van der Waals surface area contributed by atoms with Crippen LogP contribution in [0.5, 0.6) is 0 Å². The summed E-state index contributed by atoms with van der Waals surface area (Å²) < 4.78 is 0. The third-order valence-corrected chi connectivity index (χ3v) is 6.40. The van der Waals surface area contributed by atoms with E-state index < -0.39 is 0 Å².